The Hall–Kier alpha value is -4.31. The van der Waals surface area contributed by atoms with E-state index in [1.807, 2.05) is 35.2 Å². The number of hydrogen-bond acceptors (Lipinski definition) is 8. The number of imidazole rings is 1. The third-order valence-corrected chi connectivity index (χ3v) is 6.88. The van der Waals surface area contributed by atoms with Crippen LogP contribution in [-0.2, 0) is 6.42 Å². The van der Waals surface area contributed by atoms with Crippen LogP contribution in [0.3, 0.4) is 0 Å². The summed E-state index contributed by atoms with van der Waals surface area (Å²) in [5, 5.41) is 4.98. The van der Waals surface area contributed by atoms with Crippen LogP contribution in [0.4, 0.5) is 11.5 Å². The van der Waals surface area contributed by atoms with E-state index < -0.39 is 0 Å². The summed E-state index contributed by atoms with van der Waals surface area (Å²) in [6, 6.07) is 11.3. The number of nitrogens with zero attached hydrogens (tertiary/aromatic N) is 7. The zero-order valence-electron chi connectivity index (χ0n) is 19.9. The molecule has 11 heteroatoms. The van der Waals surface area contributed by atoms with Gasteiger partial charge in [0.25, 0.3) is 5.91 Å². The van der Waals surface area contributed by atoms with Gasteiger partial charge in [-0.1, -0.05) is 17.7 Å². The van der Waals surface area contributed by atoms with Crippen molar-refractivity contribution in [3.63, 3.8) is 0 Å². The number of aromatic nitrogens is 6. The van der Waals surface area contributed by atoms with Crippen molar-refractivity contribution < 1.29 is 4.79 Å². The highest BCUT2D eigenvalue weighted by Gasteiger charge is 2.26. The summed E-state index contributed by atoms with van der Waals surface area (Å²) in [5.41, 5.74) is 4.87. The molecule has 0 spiro atoms. The normalized spacial score (nSPS) is 13.9. The lowest BCUT2D eigenvalue weighted by Gasteiger charge is -2.37. The number of nitrogens with one attached hydrogen (secondary N) is 2. The Balaban J connectivity index is 1.24. The number of carbonyl (C=O) groups is 1. The van der Waals surface area contributed by atoms with Crippen LogP contribution in [0.5, 0.6) is 0 Å². The van der Waals surface area contributed by atoms with Crippen LogP contribution in [0, 0.1) is 0 Å². The van der Waals surface area contributed by atoms with Crippen LogP contribution in [-0.4, -0.2) is 73.4 Å². The maximum absolute atomic E-state index is 12.9. The van der Waals surface area contributed by atoms with Gasteiger partial charge in [-0.15, -0.1) is 0 Å². The average molecular weight is 514 g/mol. The van der Waals surface area contributed by atoms with E-state index >= 15 is 0 Å². The second-order valence-electron chi connectivity index (χ2n) is 8.76. The lowest BCUT2D eigenvalue weighted by atomic mass is 10.0. The SMILES string of the molecule is O=C(c1ccccn1)N1CCN(c2c(CCNc3ncnc4nc[nH]c34)cc(Cl)c3cccnc23)CC1. The molecule has 2 N–H and O–H groups in total. The summed E-state index contributed by atoms with van der Waals surface area (Å²) >= 11 is 6.69. The molecule has 0 bridgehead atoms. The van der Waals surface area contributed by atoms with Gasteiger partial charge in [0.15, 0.2) is 11.5 Å². The molecule has 1 aliphatic rings. The number of amides is 1. The lowest BCUT2D eigenvalue weighted by Crippen LogP contribution is -2.49. The van der Waals surface area contributed by atoms with E-state index in [1.165, 1.54) is 6.33 Å². The van der Waals surface area contributed by atoms with Crippen LogP contribution in [0.2, 0.25) is 5.02 Å². The summed E-state index contributed by atoms with van der Waals surface area (Å²) in [6.07, 6.45) is 7.25. The molecule has 0 radical (unpaired) electrons. The molecule has 0 unspecified atom stereocenters. The van der Waals surface area contributed by atoms with Crippen molar-refractivity contribution in [3.8, 4) is 0 Å². The molecule has 10 nitrogen and oxygen atoms in total. The monoisotopic (exact) mass is 513 g/mol. The number of benzene rings is 1. The van der Waals surface area contributed by atoms with Crippen molar-refractivity contribution in [1.82, 2.24) is 34.8 Å². The first kappa shape index (κ1) is 23.1. The summed E-state index contributed by atoms with van der Waals surface area (Å²) in [5.74, 6) is 0.662. The number of fused-ring (bicyclic) bond motifs is 2. The average Bonchev–Trinajstić information content (AvgIpc) is 3.44. The van der Waals surface area contributed by atoms with Gasteiger partial charge < -0.3 is 20.1 Å². The number of piperazine rings is 1. The minimum atomic E-state index is -0.0428. The molecule has 1 aliphatic heterocycles. The lowest BCUT2D eigenvalue weighted by molar-refractivity contribution is 0.0741. The van der Waals surface area contributed by atoms with Crippen molar-refractivity contribution in [2.45, 2.75) is 6.42 Å². The highest BCUT2D eigenvalue weighted by Crippen LogP contribution is 2.35. The molecular formula is C26H24ClN9O. The molecule has 1 amide bonds. The van der Waals surface area contributed by atoms with Gasteiger partial charge in [-0.2, -0.15) is 0 Å². The molecule has 4 aromatic heterocycles. The standard InChI is InChI=1S/C26H24ClN9O/c27-19-14-17(6-9-30-24-22-25(32-15-31-22)34-16-33-24)23(21-18(19)4-3-8-29-21)35-10-12-36(13-11-35)26(37)20-5-1-2-7-28-20/h1-5,7-8,14-16H,6,9-13H2,(H2,30,31,32,33,34). The van der Waals surface area contributed by atoms with Gasteiger partial charge in [-0.05, 0) is 42.3 Å². The van der Waals surface area contributed by atoms with Crippen LogP contribution >= 0.6 is 11.6 Å². The number of aromatic amines is 1. The van der Waals surface area contributed by atoms with E-state index in [1.54, 1.807) is 24.8 Å². The zero-order valence-corrected chi connectivity index (χ0v) is 20.7. The second-order valence-corrected chi connectivity index (χ2v) is 9.17. The third-order valence-electron chi connectivity index (χ3n) is 6.57. The number of anilines is 2. The predicted molar refractivity (Wildman–Crippen MR) is 143 cm³/mol. The predicted octanol–water partition coefficient (Wildman–Crippen LogP) is 3.57. The van der Waals surface area contributed by atoms with Gasteiger partial charge >= 0.3 is 0 Å². The number of pyridine rings is 2. The Morgan fingerprint density at radius 1 is 1.00 bits per heavy atom. The zero-order chi connectivity index (χ0) is 25.2. The number of carbonyl (C=O) groups excluding carboxylic acids is 1. The van der Waals surface area contributed by atoms with E-state index in [0.29, 0.717) is 61.3 Å². The highest BCUT2D eigenvalue weighted by molar-refractivity contribution is 6.36. The molecule has 37 heavy (non-hydrogen) atoms. The summed E-state index contributed by atoms with van der Waals surface area (Å²) in [6.45, 7) is 3.20. The summed E-state index contributed by atoms with van der Waals surface area (Å²) in [7, 11) is 0. The minimum Gasteiger partial charge on any atom is -0.368 e. The Morgan fingerprint density at radius 2 is 1.86 bits per heavy atom. The van der Waals surface area contributed by atoms with Gasteiger partial charge in [-0.3, -0.25) is 14.8 Å². The molecule has 1 saturated heterocycles. The molecule has 0 atom stereocenters. The highest BCUT2D eigenvalue weighted by atomic mass is 35.5. The molecule has 6 rings (SSSR count). The van der Waals surface area contributed by atoms with Crippen LogP contribution in [0.1, 0.15) is 16.1 Å². The fourth-order valence-electron chi connectivity index (χ4n) is 4.78. The fourth-order valence-corrected chi connectivity index (χ4v) is 5.06. The van der Waals surface area contributed by atoms with E-state index in [-0.39, 0.29) is 5.91 Å². The number of H-pyrrole nitrogens is 1. The first-order valence-corrected chi connectivity index (χ1v) is 12.5. The molecule has 0 aliphatic carbocycles. The van der Waals surface area contributed by atoms with Crippen molar-refractivity contribution >= 4 is 51.1 Å². The van der Waals surface area contributed by atoms with E-state index in [0.717, 1.165) is 27.7 Å². The molecule has 186 valence electrons. The van der Waals surface area contributed by atoms with Crippen LogP contribution in [0.25, 0.3) is 22.1 Å². The molecule has 5 aromatic rings. The minimum absolute atomic E-state index is 0.0428. The Morgan fingerprint density at radius 3 is 2.70 bits per heavy atom. The number of halogens is 1. The van der Waals surface area contributed by atoms with E-state index in [9.17, 15) is 4.79 Å². The molecule has 5 heterocycles. The fraction of sp³-hybridized carbons (Fsp3) is 0.231. The van der Waals surface area contributed by atoms with Crippen molar-refractivity contribution in [2.24, 2.45) is 0 Å². The van der Waals surface area contributed by atoms with Gasteiger partial charge in [-0.25, -0.2) is 15.0 Å². The molecule has 1 fully saturated rings. The van der Waals surface area contributed by atoms with Gasteiger partial charge in [0, 0.05) is 50.5 Å². The summed E-state index contributed by atoms with van der Waals surface area (Å²) < 4.78 is 0. The summed E-state index contributed by atoms with van der Waals surface area (Å²) in [4.78, 5) is 41.8. The van der Waals surface area contributed by atoms with Crippen molar-refractivity contribution in [3.05, 3.63) is 77.7 Å². The quantitative estimate of drug-likeness (QED) is 0.354. The molecule has 1 aromatic carbocycles. The van der Waals surface area contributed by atoms with Gasteiger partial charge in [0.2, 0.25) is 0 Å². The molecular weight excluding hydrogens is 490 g/mol. The largest absolute Gasteiger partial charge is 0.368 e. The van der Waals surface area contributed by atoms with Crippen LogP contribution in [0.15, 0.2) is 61.4 Å². The number of rotatable bonds is 6. The Kier molecular flexibility index (Phi) is 6.23. The van der Waals surface area contributed by atoms with Crippen LogP contribution < -0.4 is 10.2 Å². The maximum Gasteiger partial charge on any atom is 0.272 e. The first-order valence-electron chi connectivity index (χ1n) is 12.1. The Bertz CT molecular complexity index is 1560. The first-order chi connectivity index (χ1) is 18.2. The topological polar surface area (TPSA) is 116 Å². The van der Waals surface area contributed by atoms with E-state index in [4.69, 9.17) is 16.6 Å². The van der Waals surface area contributed by atoms with Crippen molar-refractivity contribution in [2.75, 3.05) is 42.9 Å². The van der Waals surface area contributed by atoms with Crippen molar-refractivity contribution in [1.29, 1.82) is 0 Å². The van der Waals surface area contributed by atoms with Gasteiger partial charge in [0.1, 0.15) is 17.5 Å². The third kappa shape index (κ3) is 4.51. The number of hydrogen-bond donors (Lipinski definition) is 2. The van der Waals surface area contributed by atoms with E-state index in [2.05, 4.69) is 35.1 Å². The smallest absolute Gasteiger partial charge is 0.272 e. The Labute approximate surface area is 217 Å². The second kappa shape index (κ2) is 9.98. The molecule has 0 saturated carbocycles. The van der Waals surface area contributed by atoms with Gasteiger partial charge in [0.05, 0.1) is 22.6 Å². The maximum atomic E-state index is 12.9.